The number of benzene rings is 1. The van der Waals surface area contributed by atoms with Crippen LogP contribution in [0, 0.1) is 13.8 Å². The summed E-state index contributed by atoms with van der Waals surface area (Å²) in [4.78, 5) is 11.1. The predicted molar refractivity (Wildman–Crippen MR) is 90.4 cm³/mol. The molecule has 0 saturated carbocycles. The van der Waals surface area contributed by atoms with E-state index >= 15 is 0 Å². The summed E-state index contributed by atoms with van der Waals surface area (Å²) in [5.74, 6) is 0.870. The number of anilines is 1. The number of thiophene rings is 1. The molecule has 0 aliphatic rings. The van der Waals surface area contributed by atoms with Crippen LogP contribution in [0.5, 0.6) is 0 Å². The Hall–Kier alpha value is -1.65. The highest BCUT2D eigenvalue weighted by Crippen LogP contribution is 2.34. The maximum Gasteiger partial charge on any atom is 0.138 e. The van der Waals surface area contributed by atoms with E-state index in [1.54, 1.807) is 17.7 Å². The lowest BCUT2D eigenvalue weighted by atomic mass is 10.1. The van der Waals surface area contributed by atoms with Crippen molar-refractivity contribution in [2.24, 2.45) is 0 Å². The van der Waals surface area contributed by atoms with Gasteiger partial charge in [-0.2, -0.15) is 0 Å². The van der Waals surface area contributed by atoms with Gasteiger partial charge in [-0.05, 0) is 38.0 Å². The Labute approximate surface area is 133 Å². The van der Waals surface area contributed by atoms with Crippen LogP contribution in [0.25, 0.3) is 10.2 Å². The summed E-state index contributed by atoms with van der Waals surface area (Å²) in [7, 11) is 0. The summed E-state index contributed by atoms with van der Waals surface area (Å²) >= 11 is 7.97. The summed E-state index contributed by atoms with van der Waals surface area (Å²) in [5.41, 5.74) is 2.31. The fourth-order valence-corrected chi connectivity index (χ4v) is 3.70. The normalized spacial score (nSPS) is 12.6. The molecule has 2 aromatic heterocycles. The van der Waals surface area contributed by atoms with Gasteiger partial charge in [0.15, 0.2) is 0 Å². The standard InChI is InChI=1S/C16H16ClN3S/c1-9-11(3)21-16-14(9)15(18-8-19-16)20-10(2)12-6-4-5-7-13(12)17/h4-8,10H,1-3H3,(H,18,19,20). The number of fused-ring (bicyclic) bond motifs is 1. The zero-order valence-corrected chi connectivity index (χ0v) is 13.7. The topological polar surface area (TPSA) is 37.8 Å². The van der Waals surface area contributed by atoms with Gasteiger partial charge in [-0.1, -0.05) is 29.8 Å². The molecule has 1 N–H and O–H groups in total. The third-order valence-electron chi connectivity index (χ3n) is 3.69. The maximum atomic E-state index is 6.27. The second-order valence-electron chi connectivity index (χ2n) is 5.07. The molecule has 21 heavy (non-hydrogen) atoms. The van der Waals surface area contributed by atoms with Gasteiger partial charge in [0.2, 0.25) is 0 Å². The smallest absolute Gasteiger partial charge is 0.138 e. The summed E-state index contributed by atoms with van der Waals surface area (Å²) in [6.07, 6.45) is 1.61. The van der Waals surface area contributed by atoms with Crippen molar-refractivity contribution in [1.82, 2.24) is 9.97 Å². The quantitative estimate of drug-likeness (QED) is 0.727. The fourth-order valence-electron chi connectivity index (χ4n) is 2.40. The monoisotopic (exact) mass is 317 g/mol. The number of hydrogen-bond acceptors (Lipinski definition) is 4. The van der Waals surface area contributed by atoms with E-state index in [2.05, 4.69) is 36.1 Å². The molecule has 1 aromatic carbocycles. The van der Waals surface area contributed by atoms with Crippen LogP contribution in [0.1, 0.15) is 29.0 Å². The Morgan fingerprint density at radius 2 is 1.95 bits per heavy atom. The first-order valence-electron chi connectivity index (χ1n) is 6.79. The van der Waals surface area contributed by atoms with E-state index in [9.17, 15) is 0 Å². The minimum absolute atomic E-state index is 0.0800. The van der Waals surface area contributed by atoms with Crippen molar-refractivity contribution in [3.8, 4) is 0 Å². The molecule has 0 aliphatic carbocycles. The van der Waals surface area contributed by atoms with Gasteiger partial charge in [0.05, 0.1) is 11.4 Å². The molecular formula is C16H16ClN3S. The first-order valence-corrected chi connectivity index (χ1v) is 7.99. The highest BCUT2D eigenvalue weighted by Gasteiger charge is 2.15. The van der Waals surface area contributed by atoms with E-state index < -0.39 is 0 Å². The van der Waals surface area contributed by atoms with E-state index in [4.69, 9.17) is 11.6 Å². The van der Waals surface area contributed by atoms with Gasteiger partial charge in [0.1, 0.15) is 17.0 Å². The first kappa shape index (κ1) is 14.3. The lowest BCUT2D eigenvalue weighted by Gasteiger charge is -2.17. The molecule has 0 radical (unpaired) electrons. The number of aromatic nitrogens is 2. The van der Waals surface area contributed by atoms with Crippen LogP contribution in [-0.4, -0.2) is 9.97 Å². The molecule has 3 nitrogen and oxygen atoms in total. The van der Waals surface area contributed by atoms with Crippen LogP contribution in [0.15, 0.2) is 30.6 Å². The van der Waals surface area contributed by atoms with Gasteiger partial charge in [-0.25, -0.2) is 9.97 Å². The summed E-state index contributed by atoms with van der Waals surface area (Å²) in [6.45, 7) is 6.32. The second kappa shape index (κ2) is 5.62. The highest BCUT2D eigenvalue weighted by atomic mass is 35.5. The molecule has 0 saturated heterocycles. The lowest BCUT2D eigenvalue weighted by Crippen LogP contribution is -2.09. The minimum Gasteiger partial charge on any atom is -0.363 e. The average Bonchev–Trinajstić information content (AvgIpc) is 2.75. The molecule has 1 atom stereocenters. The molecule has 5 heteroatoms. The molecule has 3 aromatic rings. The van der Waals surface area contributed by atoms with Crippen molar-refractivity contribution in [3.63, 3.8) is 0 Å². The lowest BCUT2D eigenvalue weighted by molar-refractivity contribution is 0.876. The number of rotatable bonds is 3. The Morgan fingerprint density at radius 3 is 2.71 bits per heavy atom. The average molecular weight is 318 g/mol. The third kappa shape index (κ3) is 2.61. The van der Waals surface area contributed by atoms with Gasteiger partial charge < -0.3 is 5.32 Å². The Balaban J connectivity index is 2.00. The molecular weight excluding hydrogens is 302 g/mol. The first-order chi connectivity index (χ1) is 10.1. The number of nitrogens with one attached hydrogen (secondary N) is 1. The number of hydrogen-bond donors (Lipinski definition) is 1. The molecule has 0 amide bonds. The Bertz CT molecular complexity index is 797. The molecule has 2 heterocycles. The minimum atomic E-state index is 0.0800. The van der Waals surface area contributed by atoms with Crippen LogP contribution in [0.4, 0.5) is 5.82 Å². The van der Waals surface area contributed by atoms with Crippen molar-refractivity contribution in [2.45, 2.75) is 26.8 Å². The molecule has 0 fully saturated rings. The second-order valence-corrected chi connectivity index (χ2v) is 6.68. The van der Waals surface area contributed by atoms with Gasteiger partial charge in [0.25, 0.3) is 0 Å². The summed E-state index contributed by atoms with van der Waals surface area (Å²) < 4.78 is 0. The number of halogens is 1. The van der Waals surface area contributed by atoms with Gasteiger partial charge in [0, 0.05) is 9.90 Å². The van der Waals surface area contributed by atoms with Crippen LogP contribution < -0.4 is 5.32 Å². The Morgan fingerprint density at radius 1 is 1.19 bits per heavy atom. The van der Waals surface area contributed by atoms with E-state index in [1.165, 1.54) is 10.4 Å². The van der Waals surface area contributed by atoms with Gasteiger partial charge in [-0.15, -0.1) is 11.3 Å². The van der Waals surface area contributed by atoms with E-state index in [1.807, 2.05) is 24.3 Å². The van der Waals surface area contributed by atoms with Crippen molar-refractivity contribution < 1.29 is 0 Å². The van der Waals surface area contributed by atoms with Crippen molar-refractivity contribution >= 4 is 39.0 Å². The number of nitrogens with zero attached hydrogens (tertiary/aromatic N) is 2. The zero-order chi connectivity index (χ0) is 15.0. The van der Waals surface area contributed by atoms with Gasteiger partial charge >= 0.3 is 0 Å². The summed E-state index contributed by atoms with van der Waals surface area (Å²) in [5, 5.41) is 5.34. The van der Waals surface area contributed by atoms with Crippen LogP contribution >= 0.6 is 22.9 Å². The maximum absolute atomic E-state index is 6.27. The van der Waals surface area contributed by atoms with Crippen LogP contribution in [0.2, 0.25) is 5.02 Å². The van der Waals surface area contributed by atoms with Crippen molar-refractivity contribution in [2.75, 3.05) is 5.32 Å². The largest absolute Gasteiger partial charge is 0.363 e. The molecule has 0 bridgehead atoms. The number of aryl methyl sites for hydroxylation is 2. The van der Waals surface area contributed by atoms with Crippen LogP contribution in [-0.2, 0) is 0 Å². The van der Waals surface area contributed by atoms with Crippen LogP contribution in [0.3, 0.4) is 0 Å². The third-order valence-corrected chi connectivity index (χ3v) is 5.15. The fraction of sp³-hybridized carbons (Fsp3) is 0.250. The highest BCUT2D eigenvalue weighted by molar-refractivity contribution is 7.18. The van der Waals surface area contributed by atoms with E-state index in [0.717, 1.165) is 26.6 Å². The van der Waals surface area contributed by atoms with Gasteiger partial charge in [-0.3, -0.25) is 0 Å². The predicted octanol–water partition coefficient (Wildman–Crippen LogP) is 5.13. The van der Waals surface area contributed by atoms with E-state index in [-0.39, 0.29) is 6.04 Å². The van der Waals surface area contributed by atoms with Crippen molar-refractivity contribution in [1.29, 1.82) is 0 Å². The molecule has 0 aliphatic heterocycles. The molecule has 108 valence electrons. The van der Waals surface area contributed by atoms with Crippen molar-refractivity contribution in [3.05, 3.63) is 51.6 Å². The SMILES string of the molecule is Cc1sc2ncnc(NC(C)c3ccccc3Cl)c2c1C. The summed E-state index contributed by atoms with van der Waals surface area (Å²) in [6, 6.07) is 7.95. The molecule has 0 spiro atoms. The Kier molecular flexibility index (Phi) is 3.83. The molecule has 3 rings (SSSR count). The zero-order valence-electron chi connectivity index (χ0n) is 12.1. The van der Waals surface area contributed by atoms with E-state index in [0.29, 0.717) is 0 Å². The molecule has 1 unspecified atom stereocenters.